The van der Waals surface area contributed by atoms with Gasteiger partial charge in [0.1, 0.15) is 5.75 Å². The van der Waals surface area contributed by atoms with E-state index in [9.17, 15) is 5.11 Å². The minimum atomic E-state index is -0.602. The maximum Gasteiger partial charge on any atom is 0.126 e. The van der Waals surface area contributed by atoms with Crippen LogP contribution in [0, 0.1) is 6.92 Å². The van der Waals surface area contributed by atoms with Crippen LogP contribution in [0.3, 0.4) is 0 Å². The second kappa shape index (κ2) is 5.43. The molecule has 3 nitrogen and oxygen atoms in total. The Balaban J connectivity index is 1.86. The second-order valence-corrected chi connectivity index (χ2v) is 5.54. The summed E-state index contributed by atoms with van der Waals surface area (Å²) < 4.78 is 5.66. The van der Waals surface area contributed by atoms with E-state index in [2.05, 4.69) is 4.98 Å². The smallest absolute Gasteiger partial charge is 0.126 e. The van der Waals surface area contributed by atoms with Crippen LogP contribution in [0.25, 0.3) is 0 Å². The summed E-state index contributed by atoms with van der Waals surface area (Å²) in [7, 11) is 0. The number of pyridine rings is 1. The zero-order valence-electron chi connectivity index (χ0n) is 11.3. The molecular weight excluding hydrogens is 274 g/mol. The van der Waals surface area contributed by atoms with Gasteiger partial charge in [0.25, 0.3) is 0 Å². The summed E-state index contributed by atoms with van der Waals surface area (Å²) in [6.45, 7) is 2.61. The summed E-state index contributed by atoms with van der Waals surface area (Å²) in [6, 6.07) is 7.61. The van der Waals surface area contributed by atoms with Crippen molar-refractivity contribution >= 4 is 11.6 Å². The third kappa shape index (κ3) is 2.65. The summed E-state index contributed by atoms with van der Waals surface area (Å²) in [6.07, 6.45) is 2.47. The van der Waals surface area contributed by atoms with E-state index in [1.165, 1.54) is 0 Å². The molecule has 0 bridgehead atoms. The molecule has 1 atom stereocenters. The predicted molar refractivity (Wildman–Crippen MR) is 78.3 cm³/mol. The fraction of sp³-hybridized carbons (Fsp3) is 0.312. The topological polar surface area (TPSA) is 42.4 Å². The number of aliphatic hydroxyl groups is 1. The molecule has 0 saturated carbocycles. The van der Waals surface area contributed by atoms with E-state index >= 15 is 0 Å². The van der Waals surface area contributed by atoms with Crippen molar-refractivity contribution in [2.24, 2.45) is 0 Å². The number of benzene rings is 1. The average Bonchev–Trinajstić information content (AvgIpc) is 2.87. The summed E-state index contributed by atoms with van der Waals surface area (Å²) >= 11 is 6.13. The van der Waals surface area contributed by atoms with Crippen LogP contribution in [0.2, 0.25) is 5.02 Å². The van der Waals surface area contributed by atoms with Crippen LogP contribution in [0.4, 0.5) is 0 Å². The lowest BCUT2D eigenvalue weighted by molar-refractivity contribution is 0.176. The van der Waals surface area contributed by atoms with Gasteiger partial charge in [-0.1, -0.05) is 17.7 Å². The molecule has 4 heteroatoms. The minimum absolute atomic E-state index is 0.480. The van der Waals surface area contributed by atoms with Crippen molar-refractivity contribution in [1.29, 1.82) is 0 Å². The second-order valence-electron chi connectivity index (χ2n) is 5.10. The fourth-order valence-corrected chi connectivity index (χ4v) is 2.76. The highest BCUT2D eigenvalue weighted by Gasteiger charge is 2.20. The van der Waals surface area contributed by atoms with Crippen LogP contribution in [0.5, 0.6) is 5.75 Å². The monoisotopic (exact) mass is 289 g/mol. The summed E-state index contributed by atoms with van der Waals surface area (Å²) in [5, 5.41) is 11.0. The minimum Gasteiger partial charge on any atom is -0.493 e. The Bertz CT molecular complexity index is 625. The third-order valence-electron chi connectivity index (χ3n) is 3.56. The molecule has 0 fully saturated rings. The fourth-order valence-electron chi connectivity index (χ4n) is 2.50. The van der Waals surface area contributed by atoms with Gasteiger partial charge in [0.05, 0.1) is 12.7 Å². The Labute approximate surface area is 123 Å². The van der Waals surface area contributed by atoms with Gasteiger partial charge in [-0.2, -0.15) is 0 Å². The molecule has 104 valence electrons. The Morgan fingerprint density at radius 1 is 1.40 bits per heavy atom. The average molecular weight is 290 g/mol. The number of aryl methyl sites for hydroxylation is 1. The number of hydrogen-bond donors (Lipinski definition) is 1. The lowest BCUT2D eigenvalue weighted by Crippen LogP contribution is -2.04. The molecule has 1 aliphatic rings. The van der Waals surface area contributed by atoms with Gasteiger partial charge in [-0.15, -0.1) is 0 Å². The Morgan fingerprint density at radius 2 is 2.25 bits per heavy atom. The van der Waals surface area contributed by atoms with Crippen molar-refractivity contribution in [2.45, 2.75) is 25.9 Å². The number of rotatable bonds is 3. The Morgan fingerprint density at radius 3 is 3.00 bits per heavy atom. The molecule has 1 aromatic carbocycles. The van der Waals surface area contributed by atoms with Crippen molar-refractivity contribution in [1.82, 2.24) is 4.98 Å². The van der Waals surface area contributed by atoms with Crippen molar-refractivity contribution < 1.29 is 9.84 Å². The summed E-state index contributed by atoms with van der Waals surface area (Å²) in [4.78, 5) is 4.21. The molecule has 0 aliphatic carbocycles. The first-order valence-corrected chi connectivity index (χ1v) is 7.06. The number of nitrogens with zero attached hydrogens (tertiary/aromatic N) is 1. The van der Waals surface area contributed by atoms with Crippen LogP contribution in [0.1, 0.15) is 28.5 Å². The first kappa shape index (κ1) is 13.4. The zero-order chi connectivity index (χ0) is 14.1. The normalized spacial score (nSPS) is 14.8. The van der Waals surface area contributed by atoms with Crippen LogP contribution in [0.15, 0.2) is 30.5 Å². The number of fused-ring (bicyclic) bond motifs is 1. The molecule has 2 heterocycles. The molecule has 2 aromatic rings. The van der Waals surface area contributed by atoms with Gasteiger partial charge in [-0.3, -0.25) is 4.98 Å². The van der Waals surface area contributed by atoms with E-state index in [1.54, 1.807) is 6.20 Å². The molecule has 1 aromatic heterocycles. The summed E-state index contributed by atoms with van der Waals surface area (Å²) in [5.41, 5.74) is 3.83. The highest BCUT2D eigenvalue weighted by atomic mass is 35.5. The SMILES string of the molecule is Cc1ccc(C(O)Cc2cc(Cl)cc3c2OCC3)cn1. The van der Waals surface area contributed by atoms with Gasteiger partial charge in [0.15, 0.2) is 0 Å². The van der Waals surface area contributed by atoms with Crippen molar-refractivity contribution in [3.63, 3.8) is 0 Å². The van der Waals surface area contributed by atoms with Crippen molar-refractivity contribution in [3.8, 4) is 5.75 Å². The molecule has 0 amide bonds. The zero-order valence-corrected chi connectivity index (χ0v) is 12.0. The van der Waals surface area contributed by atoms with E-state index in [0.29, 0.717) is 18.1 Å². The highest BCUT2D eigenvalue weighted by molar-refractivity contribution is 6.30. The number of hydrogen-bond acceptors (Lipinski definition) is 3. The molecule has 1 N–H and O–H groups in total. The number of aliphatic hydroxyl groups excluding tert-OH is 1. The van der Waals surface area contributed by atoms with E-state index in [4.69, 9.17) is 16.3 Å². The van der Waals surface area contributed by atoms with Gasteiger partial charge in [-0.25, -0.2) is 0 Å². The van der Waals surface area contributed by atoms with Gasteiger partial charge < -0.3 is 9.84 Å². The lowest BCUT2D eigenvalue weighted by Gasteiger charge is -2.14. The molecule has 0 spiro atoms. The van der Waals surface area contributed by atoms with E-state index < -0.39 is 6.10 Å². The van der Waals surface area contributed by atoms with Gasteiger partial charge >= 0.3 is 0 Å². The maximum atomic E-state index is 10.3. The van der Waals surface area contributed by atoms with Crippen LogP contribution < -0.4 is 4.74 Å². The van der Waals surface area contributed by atoms with Gasteiger partial charge in [0, 0.05) is 29.8 Å². The van der Waals surface area contributed by atoms with Crippen molar-refractivity contribution in [2.75, 3.05) is 6.61 Å². The van der Waals surface area contributed by atoms with Gasteiger partial charge in [-0.05, 0) is 41.8 Å². The first-order chi connectivity index (χ1) is 9.63. The van der Waals surface area contributed by atoms with E-state index in [1.807, 2.05) is 31.2 Å². The van der Waals surface area contributed by atoms with Crippen molar-refractivity contribution in [3.05, 3.63) is 57.9 Å². The Hall–Kier alpha value is -1.58. The third-order valence-corrected chi connectivity index (χ3v) is 3.78. The van der Waals surface area contributed by atoms with Crippen LogP contribution in [-0.2, 0) is 12.8 Å². The van der Waals surface area contributed by atoms with Gasteiger partial charge in [0.2, 0.25) is 0 Å². The largest absolute Gasteiger partial charge is 0.493 e. The van der Waals surface area contributed by atoms with Crippen LogP contribution >= 0.6 is 11.6 Å². The van der Waals surface area contributed by atoms with E-state index in [-0.39, 0.29) is 0 Å². The molecule has 0 saturated heterocycles. The predicted octanol–water partition coefficient (Wildman–Crippen LogP) is 3.25. The molecule has 1 unspecified atom stereocenters. The number of aromatic nitrogens is 1. The molecule has 1 aliphatic heterocycles. The lowest BCUT2D eigenvalue weighted by atomic mass is 9.99. The maximum absolute atomic E-state index is 10.3. The number of halogens is 1. The first-order valence-electron chi connectivity index (χ1n) is 6.68. The molecule has 3 rings (SSSR count). The Kier molecular flexibility index (Phi) is 3.64. The highest BCUT2D eigenvalue weighted by Crippen LogP contribution is 2.35. The van der Waals surface area contributed by atoms with E-state index in [0.717, 1.165) is 34.6 Å². The standard InChI is InChI=1S/C16H16ClNO2/c1-10-2-3-12(9-18-10)15(19)8-13-7-14(17)6-11-4-5-20-16(11)13/h2-3,6-7,9,15,19H,4-5,8H2,1H3. The molecule has 20 heavy (non-hydrogen) atoms. The quantitative estimate of drug-likeness (QED) is 0.943. The van der Waals surface area contributed by atoms with Crippen LogP contribution in [-0.4, -0.2) is 16.7 Å². The summed E-state index contributed by atoms with van der Waals surface area (Å²) in [5.74, 6) is 0.883. The number of ether oxygens (including phenoxy) is 1. The molecular formula is C16H16ClNO2. The molecule has 0 radical (unpaired) electrons.